The van der Waals surface area contributed by atoms with Crippen molar-refractivity contribution in [1.29, 1.82) is 0 Å². The van der Waals surface area contributed by atoms with Gasteiger partial charge in [-0.15, -0.1) is 0 Å². The molecule has 0 spiro atoms. The van der Waals surface area contributed by atoms with Gasteiger partial charge in [0, 0.05) is 18.2 Å². The highest BCUT2D eigenvalue weighted by Crippen LogP contribution is 2.19. The van der Waals surface area contributed by atoms with Gasteiger partial charge in [0.1, 0.15) is 5.82 Å². The van der Waals surface area contributed by atoms with E-state index in [0.717, 1.165) is 31.2 Å². The van der Waals surface area contributed by atoms with Gasteiger partial charge < -0.3 is 5.32 Å². The number of nitrogens with zero attached hydrogens (tertiary/aromatic N) is 2. The average molecular weight is 350 g/mol. The van der Waals surface area contributed by atoms with E-state index in [1.807, 2.05) is 0 Å². The third-order valence-corrected chi connectivity index (χ3v) is 4.07. The quantitative estimate of drug-likeness (QED) is 0.803. The number of anilines is 2. The molecule has 24 heavy (non-hydrogen) atoms. The number of rotatable bonds is 7. The number of hydrogen-bond acceptors (Lipinski definition) is 4. The Labute approximate surface area is 142 Å². The number of sulfonamides is 1. The van der Waals surface area contributed by atoms with Crippen LogP contribution >= 0.6 is 0 Å². The van der Waals surface area contributed by atoms with Gasteiger partial charge in [-0.3, -0.25) is 9.52 Å². The summed E-state index contributed by atoms with van der Waals surface area (Å²) in [5.74, 6) is 0.302. The fourth-order valence-electron chi connectivity index (χ4n) is 2.19. The minimum absolute atomic E-state index is 0.315. The molecule has 2 rings (SSSR count). The van der Waals surface area contributed by atoms with E-state index in [9.17, 15) is 13.2 Å². The van der Waals surface area contributed by atoms with Gasteiger partial charge >= 0.3 is 0 Å². The van der Waals surface area contributed by atoms with Gasteiger partial charge in [-0.05, 0) is 31.0 Å². The summed E-state index contributed by atoms with van der Waals surface area (Å²) in [6, 6.07) is 6.62. The Kier molecular flexibility index (Phi) is 5.61. The predicted molar refractivity (Wildman–Crippen MR) is 94.7 cm³/mol. The number of hydrogen-bond donors (Lipinski definition) is 2. The highest BCUT2D eigenvalue weighted by Gasteiger charge is 2.12. The Morgan fingerprint density at radius 1 is 1.29 bits per heavy atom. The van der Waals surface area contributed by atoms with Gasteiger partial charge in [0.15, 0.2) is 0 Å². The van der Waals surface area contributed by atoms with Crippen molar-refractivity contribution in [2.45, 2.75) is 33.2 Å². The minimum Gasteiger partial charge on any atom is -0.307 e. The van der Waals surface area contributed by atoms with Crippen LogP contribution in [0, 0.1) is 6.92 Å². The first-order valence-corrected chi connectivity index (χ1v) is 9.61. The number of unbranched alkanes of at least 4 members (excludes halogenated alkanes) is 1. The summed E-state index contributed by atoms with van der Waals surface area (Å²) in [4.78, 5) is 12.4. The van der Waals surface area contributed by atoms with Gasteiger partial charge in [0.05, 0.1) is 18.1 Å². The molecule has 0 bridgehead atoms. The van der Waals surface area contributed by atoms with Crippen LogP contribution in [-0.4, -0.2) is 30.4 Å². The van der Waals surface area contributed by atoms with Crippen LogP contribution in [0.2, 0.25) is 0 Å². The second-order valence-electron chi connectivity index (χ2n) is 5.65. The first kappa shape index (κ1) is 18.0. The summed E-state index contributed by atoms with van der Waals surface area (Å²) in [7, 11) is -3.40. The maximum atomic E-state index is 12.4. The number of aryl methyl sites for hydroxylation is 2. The fraction of sp³-hybridized carbons (Fsp3) is 0.375. The van der Waals surface area contributed by atoms with Gasteiger partial charge in [-0.2, -0.15) is 5.10 Å². The second-order valence-corrected chi connectivity index (χ2v) is 7.40. The van der Waals surface area contributed by atoms with Crippen LogP contribution in [0.15, 0.2) is 30.5 Å². The lowest BCUT2D eigenvalue weighted by Gasteiger charge is -2.11. The lowest BCUT2D eigenvalue weighted by molar-refractivity contribution is 0.102. The Morgan fingerprint density at radius 3 is 2.71 bits per heavy atom. The van der Waals surface area contributed by atoms with E-state index in [2.05, 4.69) is 22.1 Å². The minimum atomic E-state index is -3.40. The van der Waals surface area contributed by atoms with E-state index in [4.69, 9.17) is 0 Å². The molecule has 0 aliphatic carbocycles. The van der Waals surface area contributed by atoms with Gasteiger partial charge in [-0.25, -0.2) is 13.1 Å². The van der Waals surface area contributed by atoms with Crippen molar-refractivity contribution in [3.05, 3.63) is 41.6 Å². The van der Waals surface area contributed by atoms with Gasteiger partial charge in [0.25, 0.3) is 5.91 Å². The molecule has 0 saturated heterocycles. The van der Waals surface area contributed by atoms with E-state index in [1.54, 1.807) is 36.0 Å². The summed E-state index contributed by atoms with van der Waals surface area (Å²) in [6.45, 7) is 4.59. The summed E-state index contributed by atoms with van der Waals surface area (Å²) in [6.07, 6.45) is 4.71. The Morgan fingerprint density at radius 2 is 2.04 bits per heavy atom. The highest BCUT2D eigenvalue weighted by atomic mass is 32.2. The Balaban J connectivity index is 2.18. The van der Waals surface area contributed by atoms with Crippen molar-refractivity contribution in [2.24, 2.45) is 0 Å². The number of aromatic nitrogens is 2. The summed E-state index contributed by atoms with van der Waals surface area (Å²) in [5.41, 5.74) is 1.50. The van der Waals surface area contributed by atoms with Gasteiger partial charge in [0.2, 0.25) is 10.0 Å². The molecule has 0 fully saturated rings. The summed E-state index contributed by atoms with van der Waals surface area (Å²) < 4.78 is 27.0. The standard InChI is InChI=1S/C16H22N4O3S/c1-4-5-10-20-15(8-9-17-20)18-16(21)13-7-6-12(2)14(11-13)19-24(3,22)23/h6-9,11,19H,4-5,10H2,1-3H3,(H,18,21). The summed E-state index contributed by atoms with van der Waals surface area (Å²) >= 11 is 0. The monoisotopic (exact) mass is 350 g/mol. The molecule has 2 N–H and O–H groups in total. The van der Waals surface area contributed by atoms with Crippen molar-refractivity contribution in [1.82, 2.24) is 9.78 Å². The molecule has 2 aromatic rings. The molecule has 8 heteroatoms. The Hall–Kier alpha value is -2.35. The SMILES string of the molecule is CCCCn1nccc1NC(=O)c1ccc(C)c(NS(C)(=O)=O)c1. The van der Waals surface area contributed by atoms with Crippen molar-refractivity contribution in [2.75, 3.05) is 16.3 Å². The number of carbonyl (C=O) groups excluding carboxylic acids is 1. The van der Waals surface area contributed by atoms with E-state index in [0.29, 0.717) is 17.1 Å². The van der Waals surface area contributed by atoms with E-state index >= 15 is 0 Å². The third-order valence-electron chi connectivity index (χ3n) is 3.48. The van der Waals surface area contributed by atoms with E-state index in [-0.39, 0.29) is 5.91 Å². The molecule has 0 saturated carbocycles. The van der Waals surface area contributed by atoms with Gasteiger partial charge in [-0.1, -0.05) is 19.4 Å². The topological polar surface area (TPSA) is 93.1 Å². The number of benzene rings is 1. The molecule has 1 aromatic heterocycles. The Bertz CT molecular complexity index is 828. The molecular weight excluding hydrogens is 328 g/mol. The molecule has 1 heterocycles. The fourth-order valence-corrected chi connectivity index (χ4v) is 2.81. The van der Waals surface area contributed by atoms with Crippen LogP contribution in [0.3, 0.4) is 0 Å². The van der Waals surface area contributed by atoms with Crippen molar-refractivity contribution in [3.8, 4) is 0 Å². The van der Waals surface area contributed by atoms with Crippen LogP contribution in [0.4, 0.5) is 11.5 Å². The van der Waals surface area contributed by atoms with Crippen molar-refractivity contribution in [3.63, 3.8) is 0 Å². The largest absolute Gasteiger partial charge is 0.307 e. The predicted octanol–water partition coefficient (Wildman–Crippen LogP) is 2.62. The molecule has 0 aliphatic rings. The number of amides is 1. The summed E-state index contributed by atoms with van der Waals surface area (Å²) in [5, 5.41) is 7.00. The molecule has 1 aromatic carbocycles. The zero-order chi connectivity index (χ0) is 17.7. The van der Waals surface area contributed by atoms with Crippen LogP contribution < -0.4 is 10.0 Å². The van der Waals surface area contributed by atoms with Crippen molar-refractivity contribution >= 4 is 27.4 Å². The zero-order valence-electron chi connectivity index (χ0n) is 14.0. The van der Waals surface area contributed by atoms with Crippen molar-refractivity contribution < 1.29 is 13.2 Å². The maximum Gasteiger partial charge on any atom is 0.256 e. The molecule has 0 atom stereocenters. The number of carbonyl (C=O) groups is 1. The molecule has 130 valence electrons. The highest BCUT2D eigenvalue weighted by molar-refractivity contribution is 7.92. The zero-order valence-corrected chi connectivity index (χ0v) is 14.9. The molecule has 0 unspecified atom stereocenters. The van der Waals surface area contributed by atoms with E-state index < -0.39 is 10.0 Å². The van der Waals surface area contributed by atoms with E-state index in [1.165, 1.54) is 6.07 Å². The first-order chi connectivity index (χ1) is 11.3. The molecule has 0 radical (unpaired) electrons. The third kappa shape index (κ3) is 4.82. The smallest absolute Gasteiger partial charge is 0.256 e. The van der Waals surface area contributed by atoms with Crippen LogP contribution in [0.5, 0.6) is 0 Å². The number of nitrogens with one attached hydrogen (secondary N) is 2. The lowest BCUT2D eigenvalue weighted by Crippen LogP contribution is -2.17. The maximum absolute atomic E-state index is 12.4. The molecular formula is C16H22N4O3S. The second kappa shape index (κ2) is 7.48. The first-order valence-electron chi connectivity index (χ1n) is 7.72. The molecule has 0 aliphatic heterocycles. The average Bonchev–Trinajstić information content (AvgIpc) is 2.93. The molecule has 7 nitrogen and oxygen atoms in total. The van der Waals surface area contributed by atoms with Crippen LogP contribution in [0.1, 0.15) is 35.7 Å². The normalized spacial score (nSPS) is 11.3. The van der Waals surface area contributed by atoms with Crippen LogP contribution in [-0.2, 0) is 16.6 Å². The lowest BCUT2D eigenvalue weighted by atomic mass is 10.1. The molecule has 1 amide bonds. The van der Waals surface area contributed by atoms with Crippen LogP contribution in [0.25, 0.3) is 0 Å².